The minimum absolute atomic E-state index is 0.0243. The topological polar surface area (TPSA) is 82.6 Å². The Morgan fingerprint density at radius 3 is 2.80 bits per heavy atom. The van der Waals surface area contributed by atoms with E-state index in [4.69, 9.17) is 9.84 Å². The maximum Gasteiger partial charge on any atom is 0.352 e. The predicted molar refractivity (Wildman–Crippen MR) is 53.5 cm³/mol. The lowest BCUT2D eigenvalue weighted by atomic mass is 10.2. The van der Waals surface area contributed by atoms with Crippen molar-refractivity contribution in [3.8, 4) is 11.5 Å². The van der Waals surface area contributed by atoms with Crippen LogP contribution in [0.1, 0.15) is 10.5 Å². The summed E-state index contributed by atoms with van der Waals surface area (Å²) in [5, 5.41) is 18.9. The number of aromatic amines is 1. The molecule has 0 unspecified atom stereocenters. The molecule has 0 saturated heterocycles. The van der Waals surface area contributed by atoms with E-state index >= 15 is 0 Å². The van der Waals surface area contributed by atoms with E-state index < -0.39 is 5.97 Å². The van der Waals surface area contributed by atoms with Crippen LogP contribution >= 0.6 is 0 Å². The largest absolute Gasteiger partial charge is 0.504 e. The molecule has 2 aromatic rings. The van der Waals surface area contributed by atoms with E-state index in [-0.39, 0.29) is 17.2 Å². The molecule has 0 bridgehead atoms. The number of aromatic carboxylic acids is 1. The molecule has 3 N–H and O–H groups in total. The first kappa shape index (κ1) is 9.39. The highest BCUT2D eigenvalue weighted by atomic mass is 16.5. The van der Waals surface area contributed by atoms with Gasteiger partial charge in [-0.15, -0.1) is 0 Å². The highest BCUT2D eigenvalue weighted by molar-refractivity contribution is 5.96. The summed E-state index contributed by atoms with van der Waals surface area (Å²) in [6.07, 6.45) is 0. The summed E-state index contributed by atoms with van der Waals surface area (Å²) in [5.41, 5.74) is 0.545. The first-order valence-corrected chi connectivity index (χ1v) is 4.25. The molecule has 0 aliphatic heterocycles. The number of carboxylic acid groups (broad SMARTS) is 1. The van der Waals surface area contributed by atoms with Crippen molar-refractivity contribution in [2.45, 2.75) is 0 Å². The van der Waals surface area contributed by atoms with Gasteiger partial charge in [-0.05, 0) is 18.2 Å². The van der Waals surface area contributed by atoms with E-state index in [1.165, 1.54) is 19.2 Å². The number of rotatable bonds is 2. The highest BCUT2D eigenvalue weighted by Crippen LogP contribution is 2.34. The third-order valence-corrected chi connectivity index (χ3v) is 2.16. The quantitative estimate of drug-likeness (QED) is 0.698. The van der Waals surface area contributed by atoms with Gasteiger partial charge in [0.2, 0.25) is 0 Å². The summed E-state index contributed by atoms with van der Waals surface area (Å²) >= 11 is 0. The summed E-state index contributed by atoms with van der Waals surface area (Å²) < 4.78 is 4.98. The fourth-order valence-electron chi connectivity index (χ4n) is 1.48. The molecule has 1 heterocycles. The number of phenolic OH excluding ortho intramolecular Hbond substituents is 1. The Morgan fingerprint density at radius 2 is 2.20 bits per heavy atom. The number of hydrogen-bond acceptors (Lipinski definition) is 3. The van der Waals surface area contributed by atoms with Crippen LogP contribution < -0.4 is 4.74 Å². The second-order valence-electron chi connectivity index (χ2n) is 3.07. The Morgan fingerprint density at radius 1 is 1.47 bits per heavy atom. The maximum absolute atomic E-state index is 10.7. The smallest absolute Gasteiger partial charge is 0.352 e. The fourth-order valence-corrected chi connectivity index (χ4v) is 1.48. The standard InChI is InChI=1S/C10H9NO4/c1-15-9-7(12)3-2-5-4-6(10(13)14)11-8(5)9/h2-4,11-12H,1H3,(H,13,14). The highest BCUT2D eigenvalue weighted by Gasteiger charge is 2.13. The minimum Gasteiger partial charge on any atom is -0.504 e. The Labute approximate surface area is 84.9 Å². The number of aromatic hydroxyl groups is 1. The summed E-state index contributed by atoms with van der Waals surface area (Å²) in [6, 6.07) is 4.57. The summed E-state index contributed by atoms with van der Waals surface area (Å²) in [6.45, 7) is 0. The lowest BCUT2D eigenvalue weighted by molar-refractivity contribution is 0.0691. The first-order chi connectivity index (χ1) is 7.13. The Hall–Kier alpha value is -2.17. The third kappa shape index (κ3) is 1.38. The summed E-state index contributed by atoms with van der Waals surface area (Å²) in [7, 11) is 1.41. The predicted octanol–water partition coefficient (Wildman–Crippen LogP) is 1.58. The van der Waals surface area contributed by atoms with E-state index in [0.29, 0.717) is 10.9 Å². The zero-order valence-corrected chi connectivity index (χ0v) is 7.94. The summed E-state index contributed by atoms with van der Waals surface area (Å²) in [5.74, 6) is -0.823. The number of nitrogens with one attached hydrogen (secondary N) is 1. The molecule has 5 nitrogen and oxygen atoms in total. The van der Waals surface area contributed by atoms with Gasteiger partial charge in [-0.2, -0.15) is 0 Å². The molecule has 1 aromatic heterocycles. The number of benzene rings is 1. The number of fused-ring (bicyclic) bond motifs is 1. The zero-order chi connectivity index (χ0) is 11.0. The van der Waals surface area contributed by atoms with Crippen LogP contribution in [0, 0.1) is 0 Å². The number of ether oxygens (including phenoxy) is 1. The molecule has 0 aliphatic carbocycles. The van der Waals surface area contributed by atoms with Gasteiger partial charge in [-0.25, -0.2) is 4.79 Å². The third-order valence-electron chi connectivity index (χ3n) is 2.16. The van der Waals surface area contributed by atoms with Crippen LogP contribution in [-0.4, -0.2) is 28.3 Å². The van der Waals surface area contributed by atoms with Crippen molar-refractivity contribution in [3.63, 3.8) is 0 Å². The summed E-state index contributed by atoms with van der Waals surface area (Å²) in [4.78, 5) is 13.4. The van der Waals surface area contributed by atoms with Gasteiger partial charge in [-0.3, -0.25) is 0 Å². The molecular weight excluding hydrogens is 198 g/mol. The molecule has 2 rings (SSSR count). The molecule has 0 radical (unpaired) electrons. The molecule has 0 saturated carbocycles. The number of aromatic nitrogens is 1. The number of phenols is 1. The van der Waals surface area contributed by atoms with Crippen LogP contribution in [-0.2, 0) is 0 Å². The number of carbonyl (C=O) groups is 1. The van der Waals surface area contributed by atoms with E-state index in [1.54, 1.807) is 6.07 Å². The molecule has 0 atom stereocenters. The van der Waals surface area contributed by atoms with Crippen LogP contribution in [0.4, 0.5) is 0 Å². The van der Waals surface area contributed by atoms with Gasteiger partial charge in [0, 0.05) is 5.39 Å². The second-order valence-corrected chi connectivity index (χ2v) is 3.07. The average Bonchev–Trinajstić information content (AvgIpc) is 2.61. The van der Waals surface area contributed by atoms with Crippen LogP contribution in [0.5, 0.6) is 11.5 Å². The van der Waals surface area contributed by atoms with Gasteiger partial charge in [0.05, 0.1) is 12.6 Å². The van der Waals surface area contributed by atoms with Crippen molar-refractivity contribution in [1.29, 1.82) is 0 Å². The van der Waals surface area contributed by atoms with Crippen LogP contribution in [0.3, 0.4) is 0 Å². The van der Waals surface area contributed by atoms with E-state index in [0.717, 1.165) is 0 Å². The lowest BCUT2D eigenvalue weighted by Crippen LogP contribution is -1.95. The van der Waals surface area contributed by atoms with Crippen LogP contribution in [0.15, 0.2) is 18.2 Å². The molecule has 0 fully saturated rings. The minimum atomic E-state index is -1.05. The maximum atomic E-state index is 10.7. The Balaban J connectivity index is 2.75. The molecule has 0 spiro atoms. The van der Waals surface area contributed by atoms with E-state index in [9.17, 15) is 9.90 Å². The molecule has 0 amide bonds. The van der Waals surface area contributed by atoms with Gasteiger partial charge in [0.15, 0.2) is 11.5 Å². The van der Waals surface area contributed by atoms with Crippen molar-refractivity contribution in [3.05, 3.63) is 23.9 Å². The number of hydrogen-bond donors (Lipinski definition) is 3. The monoisotopic (exact) mass is 207 g/mol. The van der Waals surface area contributed by atoms with E-state index in [1.807, 2.05) is 0 Å². The average molecular weight is 207 g/mol. The molecule has 0 aliphatic rings. The second kappa shape index (κ2) is 3.20. The Kier molecular flexibility index (Phi) is 2.00. The first-order valence-electron chi connectivity index (χ1n) is 4.25. The van der Waals surface area contributed by atoms with Gasteiger partial charge >= 0.3 is 5.97 Å². The molecular formula is C10H9NO4. The van der Waals surface area contributed by atoms with Gasteiger partial charge in [-0.1, -0.05) is 0 Å². The van der Waals surface area contributed by atoms with Crippen LogP contribution in [0.2, 0.25) is 0 Å². The van der Waals surface area contributed by atoms with Crippen molar-refractivity contribution in [2.75, 3.05) is 7.11 Å². The molecule has 15 heavy (non-hydrogen) atoms. The van der Waals surface area contributed by atoms with Crippen LogP contribution in [0.25, 0.3) is 10.9 Å². The number of carboxylic acids is 1. The lowest BCUT2D eigenvalue weighted by Gasteiger charge is -2.03. The van der Waals surface area contributed by atoms with Gasteiger partial charge < -0.3 is 19.9 Å². The van der Waals surface area contributed by atoms with Crippen molar-refractivity contribution < 1.29 is 19.7 Å². The fraction of sp³-hybridized carbons (Fsp3) is 0.100. The van der Waals surface area contributed by atoms with Crippen molar-refractivity contribution >= 4 is 16.9 Å². The van der Waals surface area contributed by atoms with Gasteiger partial charge in [0.1, 0.15) is 5.69 Å². The Bertz CT molecular complexity index is 529. The number of H-pyrrole nitrogens is 1. The molecule has 1 aromatic carbocycles. The SMILES string of the molecule is COc1c(O)ccc2cc(C(=O)O)[nH]c12. The van der Waals surface area contributed by atoms with E-state index in [2.05, 4.69) is 4.98 Å². The van der Waals surface area contributed by atoms with Gasteiger partial charge in [0.25, 0.3) is 0 Å². The normalized spacial score (nSPS) is 10.5. The number of methoxy groups -OCH3 is 1. The molecule has 78 valence electrons. The van der Waals surface area contributed by atoms with Crippen molar-refractivity contribution in [1.82, 2.24) is 4.98 Å². The zero-order valence-electron chi connectivity index (χ0n) is 7.94. The molecule has 5 heteroatoms. The van der Waals surface area contributed by atoms with Crippen molar-refractivity contribution in [2.24, 2.45) is 0 Å².